The number of rotatable bonds is 4. The summed E-state index contributed by atoms with van der Waals surface area (Å²) in [6.45, 7) is 1.40. The van der Waals surface area contributed by atoms with Crippen molar-refractivity contribution in [3.05, 3.63) is 29.8 Å². The van der Waals surface area contributed by atoms with E-state index in [9.17, 15) is 18.0 Å². The summed E-state index contributed by atoms with van der Waals surface area (Å²) in [5.74, 6) is -0.128. The molecule has 0 radical (unpaired) electrons. The largest absolute Gasteiger partial charge is 0.452 e. The molecule has 0 unspecified atom stereocenters. The van der Waals surface area contributed by atoms with Gasteiger partial charge in [-0.1, -0.05) is 0 Å². The highest BCUT2D eigenvalue weighted by Gasteiger charge is 2.14. The molecule has 0 saturated heterocycles. The minimum absolute atomic E-state index is 0.128. The Bertz CT molecular complexity index is 550. The highest BCUT2D eigenvalue weighted by molar-refractivity contribution is 7.91. The summed E-state index contributed by atoms with van der Waals surface area (Å²) in [6.07, 6.45) is -1.09. The second-order valence-corrected chi connectivity index (χ2v) is 4.75. The van der Waals surface area contributed by atoms with Crippen molar-refractivity contribution in [2.45, 2.75) is 6.92 Å². The lowest BCUT2D eigenvalue weighted by atomic mass is 10.1. The Morgan fingerprint density at radius 1 is 1.17 bits per heavy atom. The number of nitrogens with one attached hydrogen (secondary N) is 2. The molecule has 0 bridgehead atoms. The van der Waals surface area contributed by atoms with Crippen molar-refractivity contribution in [2.75, 3.05) is 11.8 Å². The van der Waals surface area contributed by atoms with Crippen LogP contribution in [0.5, 0.6) is 0 Å². The molecule has 1 aromatic carbocycles. The quantitative estimate of drug-likeness (QED) is 0.793. The lowest BCUT2D eigenvalue weighted by Crippen LogP contribution is -2.35. The summed E-state index contributed by atoms with van der Waals surface area (Å²) in [5.41, 5.74) is 0.676. The van der Waals surface area contributed by atoms with Crippen LogP contribution in [0.4, 0.5) is 10.5 Å². The first kappa shape index (κ1) is 14.0. The number of carbonyl (C=O) groups is 2. The van der Waals surface area contributed by atoms with Crippen LogP contribution in [-0.2, 0) is 14.9 Å². The van der Waals surface area contributed by atoms with E-state index < -0.39 is 16.3 Å². The van der Waals surface area contributed by atoms with E-state index in [0.717, 1.165) is 7.11 Å². The van der Waals surface area contributed by atoms with Crippen molar-refractivity contribution in [1.29, 1.82) is 0 Å². The Labute approximate surface area is 104 Å². The van der Waals surface area contributed by atoms with Crippen molar-refractivity contribution in [3.63, 3.8) is 0 Å². The Balaban J connectivity index is 2.78. The van der Waals surface area contributed by atoms with Crippen molar-refractivity contribution >= 4 is 27.8 Å². The third-order valence-corrected chi connectivity index (χ3v) is 2.89. The average molecular weight is 272 g/mol. The predicted octanol–water partition coefficient (Wildman–Crippen LogP) is 0.902. The molecule has 1 amide bonds. The van der Waals surface area contributed by atoms with Gasteiger partial charge in [0.15, 0.2) is 5.78 Å². The van der Waals surface area contributed by atoms with E-state index >= 15 is 0 Å². The zero-order valence-corrected chi connectivity index (χ0v) is 10.6. The van der Waals surface area contributed by atoms with Gasteiger partial charge in [-0.25, -0.2) is 9.52 Å². The normalized spacial score (nSPS) is 10.6. The zero-order valence-electron chi connectivity index (χ0n) is 9.76. The molecule has 0 aliphatic rings. The van der Waals surface area contributed by atoms with Crippen LogP contribution in [-0.4, -0.2) is 27.4 Å². The lowest BCUT2D eigenvalue weighted by Gasteiger charge is -2.08. The summed E-state index contributed by atoms with van der Waals surface area (Å²) in [4.78, 5) is 21.8. The van der Waals surface area contributed by atoms with Gasteiger partial charge in [-0.3, -0.25) is 9.52 Å². The monoisotopic (exact) mass is 272 g/mol. The molecule has 1 aromatic rings. The maximum Gasteiger partial charge on any atom is 0.422 e. The van der Waals surface area contributed by atoms with E-state index in [-0.39, 0.29) is 11.5 Å². The van der Waals surface area contributed by atoms with Crippen LogP contribution in [0, 0.1) is 0 Å². The van der Waals surface area contributed by atoms with E-state index in [2.05, 4.69) is 9.46 Å². The molecule has 0 saturated carbocycles. The summed E-state index contributed by atoms with van der Waals surface area (Å²) >= 11 is 0. The second-order valence-electron chi connectivity index (χ2n) is 3.33. The molecule has 18 heavy (non-hydrogen) atoms. The molecule has 98 valence electrons. The van der Waals surface area contributed by atoms with E-state index in [1.54, 1.807) is 4.72 Å². The standard InChI is InChI=1S/C10H12N2O5S/c1-7(13)8-3-5-9(6-4-8)11-18(15,16)12-10(14)17-2/h3-6,11H,1-2H3,(H,12,14). The van der Waals surface area contributed by atoms with Crippen LogP contribution >= 0.6 is 0 Å². The highest BCUT2D eigenvalue weighted by atomic mass is 32.2. The van der Waals surface area contributed by atoms with Crippen LogP contribution in [0.15, 0.2) is 24.3 Å². The van der Waals surface area contributed by atoms with Crippen molar-refractivity contribution in [1.82, 2.24) is 4.72 Å². The van der Waals surface area contributed by atoms with E-state index in [1.807, 2.05) is 0 Å². The molecular weight excluding hydrogens is 260 g/mol. The minimum Gasteiger partial charge on any atom is -0.452 e. The van der Waals surface area contributed by atoms with Gasteiger partial charge in [0, 0.05) is 5.56 Å². The number of hydrogen-bond acceptors (Lipinski definition) is 5. The highest BCUT2D eigenvalue weighted by Crippen LogP contribution is 2.11. The number of amides is 1. The molecular formula is C10H12N2O5S. The van der Waals surface area contributed by atoms with E-state index in [1.165, 1.54) is 31.2 Å². The molecule has 0 aromatic heterocycles. The summed E-state index contributed by atoms with van der Waals surface area (Å²) < 4.78 is 30.7. The summed E-state index contributed by atoms with van der Waals surface area (Å²) in [7, 11) is -2.99. The number of Topliss-reactive ketones (excluding diaryl/α,β-unsaturated/α-hetero) is 1. The topological polar surface area (TPSA) is 102 Å². The molecule has 2 N–H and O–H groups in total. The Morgan fingerprint density at radius 2 is 1.72 bits per heavy atom. The van der Waals surface area contributed by atoms with E-state index in [4.69, 9.17) is 0 Å². The number of anilines is 1. The van der Waals surface area contributed by atoms with Gasteiger partial charge in [0.1, 0.15) is 0 Å². The Kier molecular flexibility index (Phi) is 4.27. The maximum absolute atomic E-state index is 11.4. The molecule has 0 atom stereocenters. The van der Waals surface area contributed by atoms with Gasteiger partial charge >= 0.3 is 16.3 Å². The first-order valence-electron chi connectivity index (χ1n) is 4.83. The van der Waals surface area contributed by atoms with Crippen molar-refractivity contribution in [2.24, 2.45) is 0 Å². The molecule has 0 aliphatic heterocycles. The lowest BCUT2D eigenvalue weighted by molar-refractivity contribution is 0.101. The number of benzene rings is 1. The number of ether oxygens (including phenoxy) is 1. The number of hydrogen-bond donors (Lipinski definition) is 2. The van der Waals surface area contributed by atoms with Gasteiger partial charge in [0.05, 0.1) is 12.8 Å². The Hall–Kier alpha value is -2.09. The number of ketones is 1. The molecule has 8 heteroatoms. The van der Waals surface area contributed by atoms with Crippen LogP contribution < -0.4 is 9.44 Å². The van der Waals surface area contributed by atoms with Gasteiger partial charge in [-0.05, 0) is 31.2 Å². The van der Waals surface area contributed by atoms with Gasteiger partial charge in [-0.2, -0.15) is 8.42 Å². The fraction of sp³-hybridized carbons (Fsp3) is 0.200. The van der Waals surface area contributed by atoms with Gasteiger partial charge in [0.2, 0.25) is 0 Å². The van der Waals surface area contributed by atoms with Crippen LogP contribution in [0.25, 0.3) is 0 Å². The third-order valence-electron chi connectivity index (χ3n) is 1.95. The first-order valence-corrected chi connectivity index (χ1v) is 6.32. The maximum atomic E-state index is 11.4. The smallest absolute Gasteiger partial charge is 0.422 e. The molecule has 1 rings (SSSR count). The summed E-state index contributed by atoms with van der Waals surface area (Å²) in [6, 6.07) is 5.76. The fourth-order valence-electron chi connectivity index (χ4n) is 1.11. The number of methoxy groups -OCH3 is 1. The molecule has 7 nitrogen and oxygen atoms in total. The molecule has 0 heterocycles. The SMILES string of the molecule is COC(=O)NS(=O)(=O)Nc1ccc(C(C)=O)cc1. The average Bonchev–Trinajstić information content (AvgIpc) is 2.28. The fourth-order valence-corrected chi connectivity index (χ4v) is 1.91. The zero-order chi connectivity index (χ0) is 13.8. The van der Waals surface area contributed by atoms with Crippen LogP contribution in [0.3, 0.4) is 0 Å². The van der Waals surface area contributed by atoms with Crippen LogP contribution in [0.1, 0.15) is 17.3 Å². The molecule has 0 fully saturated rings. The van der Waals surface area contributed by atoms with Crippen molar-refractivity contribution in [3.8, 4) is 0 Å². The summed E-state index contributed by atoms with van der Waals surface area (Å²) in [5, 5.41) is 0. The molecule has 0 spiro atoms. The van der Waals surface area contributed by atoms with Gasteiger partial charge < -0.3 is 4.74 Å². The van der Waals surface area contributed by atoms with Crippen molar-refractivity contribution < 1.29 is 22.7 Å². The minimum atomic E-state index is -4.04. The third kappa shape index (κ3) is 4.06. The molecule has 0 aliphatic carbocycles. The van der Waals surface area contributed by atoms with E-state index in [0.29, 0.717) is 5.56 Å². The van der Waals surface area contributed by atoms with Crippen LogP contribution in [0.2, 0.25) is 0 Å². The second kappa shape index (κ2) is 5.50. The predicted molar refractivity (Wildman–Crippen MR) is 64.5 cm³/mol. The van der Waals surface area contributed by atoms with Gasteiger partial charge in [-0.15, -0.1) is 0 Å². The Morgan fingerprint density at radius 3 is 2.17 bits per heavy atom. The first-order chi connectivity index (χ1) is 8.34. The van der Waals surface area contributed by atoms with Gasteiger partial charge in [0.25, 0.3) is 0 Å². The number of carbonyl (C=O) groups excluding carboxylic acids is 2.